The summed E-state index contributed by atoms with van der Waals surface area (Å²) in [5, 5.41) is 6.17. The zero-order chi connectivity index (χ0) is 18.8. The molecule has 0 aliphatic carbocycles. The topological polar surface area (TPSA) is 61.4 Å². The first-order chi connectivity index (χ1) is 12.6. The summed E-state index contributed by atoms with van der Waals surface area (Å²) >= 11 is 0. The Morgan fingerprint density at radius 3 is 2.46 bits per heavy atom. The van der Waals surface area contributed by atoms with E-state index in [1.165, 1.54) is 19.3 Å². The fourth-order valence-corrected chi connectivity index (χ4v) is 3.37. The smallest absolute Gasteiger partial charge is 0.317 e. The Morgan fingerprint density at radius 2 is 1.85 bits per heavy atom. The Bertz CT molecular complexity index is 554. The summed E-state index contributed by atoms with van der Waals surface area (Å²) in [5.41, 5.74) is 0.686. The number of benzene rings is 1. The number of hydrogen-bond acceptors (Lipinski definition) is 2. The van der Waals surface area contributed by atoms with E-state index < -0.39 is 0 Å². The van der Waals surface area contributed by atoms with Gasteiger partial charge in [0.05, 0.1) is 0 Å². The number of rotatable bonds is 8. The Hall–Kier alpha value is -2.04. The molecule has 5 nitrogen and oxygen atoms in total. The van der Waals surface area contributed by atoms with Crippen LogP contribution >= 0.6 is 0 Å². The molecule has 1 atom stereocenters. The Labute approximate surface area is 157 Å². The van der Waals surface area contributed by atoms with Gasteiger partial charge in [-0.1, -0.05) is 51.3 Å². The van der Waals surface area contributed by atoms with E-state index in [1.54, 1.807) is 0 Å². The minimum atomic E-state index is -0.0322. The van der Waals surface area contributed by atoms with Crippen molar-refractivity contribution in [3.05, 3.63) is 35.9 Å². The maximum absolute atomic E-state index is 12.4. The molecule has 2 rings (SSSR count). The van der Waals surface area contributed by atoms with Gasteiger partial charge in [0.1, 0.15) is 0 Å². The van der Waals surface area contributed by atoms with Gasteiger partial charge in [0, 0.05) is 31.2 Å². The molecule has 5 heteroatoms. The lowest BCUT2D eigenvalue weighted by atomic mass is 9.99. The molecule has 1 saturated heterocycles. The molecule has 26 heavy (non-hydrogen) atoms. The number of carbonyl (C=O) groups excluding carboxylic acids is 2. The first-order valence-electron chi connectivity index (χ1n) is 10.0. The highest BCUT2D eigenvalue weighted by Crippen LogP contribution is 2.14. The third kappa shape index (κ3) is 6.36. The lowest BCUT2D eigenvalue weighted by Crippen LogP contribution is -2.50. The van der Waals surface area contributed by atoms with Crippen molar-refractivity contribution in [1.29, 1.82) is 0 Å². The highest BCUT2D eigenvalue weighted by Gasteiger charge is 2.24. The van der Waals surface area contributed by atoms with Crippen LogP contribution in [-0.4, -0.2) is 42.5 Å². The summed E-state index contributed by atoms with van der Waals surface area (Å²) < 4.78 is 0. The van der Waals surface area contributed by atoms with E-state index in [-0.39, 0.29) is 18.0 Å². The molecule has 0 bridgehead atoms. The zero-order valence-corrected chi connectivity index (χ0v) is 16.2. The number of hydrogen-bond donors (Lipinski definition) is 2. The molecule has 0 spiro atoms. The van der Waals surface area contributed by atoms with Crippen LogP contribution in [-0.2, 0) is 0 Å². The van der Waals surface area contributed by atoms with Gasteiger partial charge in [0.25, 0.3) is 5.91 Å². The van der Waals surface area contributed by atoms with Crippen molar-refractivity contribution in [3.8, 4) is 0 Å². The number of urea groups is 1. The molecular weight excluding hydrogens is 326 g/mol. The van der Waals surface area contributed by atoms with Gasteiger partial charge < -0.3 is 15.5 Å². The van der Waals surface area contributed by atoms with Crippen LogP contribution in [0.2, 0.25) is 0 Å². The van der Waals surface area contributed by atoms with Gasteiger partial charge in [-0.3, -0.25) is 4.79 Å². The number of likely N-dealkylation sites (tertiary alicyclic amines) is 1. The predicted octanol–water partition coefficient (Wildman–Crippen LogP) is 3.81. The summed E-state index contributed by atoms with van der Waals surface area (Å²) in [5.74, 6) is 0.539. The molecule has 1 fully saturated rings. The van der Waals surface area contributed by atoms with E-state index >= 15 is 0 Å². The fraction of sp³-hybridized carbons (Fsp3) is 0.619. The third-order valence-corrected chi connectivity index (χ3v) is 5.24. The van der Waals surface area contributed by atoms with Crippen LogP contribution in [0.1, 0.15) is 62.7 Å². The van der Waals surface area contributed by atoms with Crippen molar-refractivity contribution in [3.63, 3.8) is 0 Å². The number of nitrogens with one attached hydrogen (secondary N) is 2. The van der Waals surface area contributed by atoms with Gasteiger partial charge in [-0.05, 0) is 37.3 Å². The monoisotopic (exact) mass is 359 g/mol. The van der Waals surface area contributed by atoms with Crippen molar-refractivity contribution in [2.24, 2.45) is 5.92 Å². The molecule has 1 aromatic carbocycles. The van der Waals surface area contributed by atoms with Gasteiger partial charge in [-0.2, -0.15) is 0 Å². The second kappa shape index (κ2) is 10.8. The van der Waals surface area contributed by atoms with E-state index in [1.807, 2.05) is 35.2 Å². The standard InChI is InChI=1S/C21H33N3O2/c1-3-5-9-17(4-2)16-22-21(26)24-14-12-19(13-15-24)23-20(25)18-10-7-6-8-11-18/h6-8,10-11,17,19H,3-5,9,12-16H2,1-2H3,(H,22,26)(H,23,25). The number of unbranched alkanes of at least 4 members (excludes halogenated alkanes) is 1. The van der Waals surface area contributed by atoms with Gasteiger partial charge in [0.15, 0.2) is 0 Å². The largest absolute Gasteiger partial charge is 0.349 e. The molecule has 2 N–H and O–H groups in total. The minimum Gasteiger partial charge on any atom is -0.349 e. The van der Waals surface area contributed by atoms with E-state index in [2.05, 4.69) is 24.5 Å². The Balaban J connectivity index is 1.70. The van der Waals surface area contributed by atoms with E-state index in [0.29, 0.717) is 24.6 Å². The average Bonchev–Trinajstić information content (AvgIpc) is 2.69. The molecule has 0 radical (unpaired) electrons. The van der Waals surface area contributed by atoms with Crippen molar-refractivity contribution in [2.75, 3.05) is 19.6 Å². The second-order valence-corrected chi connectivity index (χ2v) is 7.20. The van der Waals surface area contributed by atoms with Crippen LogP contribution in [0, 0.1) is 5.92 Å². The van der Waals surface area contributed by atoms with Crippen LogP contribution in [0.25, 0.3) is 0 Å². The molecule has 1 aliphatic rings. The van der Waals surface area contributed by atoms with E-state index in [4.69, 9.17) is 0 Å². The predicted molar refractivity (Wildman–Crippen MR) is 105 cm³/mol. The molecule has 144 valence electrons. The summed E-state index contributed by atoms with van der Waals surface area (Å²) in [6.07, 6.45) is 6.32. The van der Waals surface area contributed by atoms with Crippen LogP contribution in [0.15, 0.2) is 30.3 Å². The highest BCUT2D eigenvalue weighted by molar-refractivity contribution is 5.94. The third-order valence-electron chi connectivity index (χ3n) is 5.24. The lowest BCUT2D eigenvalue weighted by Gasteiger charge is -2.32. The SMILES string of the molecule is CCCCC(CC)CNC(=O)N1CCC(NC(=O)c2ccccc2)CC1. The van der Waals surface area contributed by atoms with Crippen LogP contribution in [0.5, 0.6) is 0 Å². The quantitative estimate of drug-likeness (QED) is 0.741. The fourth-order valence-electron chi connectivity index (χ4n) is 3.37. The number of amides is 3. The lowest BCUT2D eigenvalue weighted by molar-refractivity contribution is 0.0917. The molecular formula is C21H33N3O2. The summed E-state index contributed by atoms with van der Waals surface area (Å²) in [6.45, 7) is 6.54. The summed E-state index contributed by atoms with van der Waals surface area (Å²) in [4.78, 5) is 26.5. The van der Waals surface area contributed by atoms with Crippen molar-refractivity contribution in [2.45, 2.75) is 58.4 Å². The second-order valence-electron chi connectivity index (χ2n) is 7.20. The molecule has 1 heterocycles. The van der Waals surface area contributed by atoms with Crippen molar-refractivity contribution < 1.29 is 9.59 Å². The molecule has 0 aromatic heterocycles. The molecule has 3 amide bonds. The van der Waals surface area contributed by atoms with Crippen molar-refractivity contribution >= 4 is 11.9 Å². The van der Waals surface area contributed by atoms with Crippen molar-refractivity contribution in [1.82, 2.24) is 15.5 Å². The first kappa shape index (κ1) is 20.3. The first-order valence-corrected chi connectivity index (χ1v) is 10.0. The molecule has 0 saturated carbocycles. The Kier molecular flexibility index (Phi) is 8.45. The van der Waals surface area contributed by atoms with Crippen LogP contribution in [0.4, 0.5) is 4.79 Å². The maximum Gasteiger partial charge on any atom is 0.317 e. The Morgan fingerprint density at radius 1 is 1.15 bits per heavy atom. The normalized spacial score (nSPS) is 16.2. The van der Waals surface area contributed by atoms with Gasteiger partial charge in [0.2, 0.25) is 0 Å². The average molecular weight is 360 g/mol. The molecule has 1 aromatic rings. The highest BCUT2D eigenvalue weighted by atomic mass is 16.2. The number of nitrogens with zero attached hydrogens (tertiary/aromatic N) is 1. The van der Waals surface area contributed by atoms with Crippen LogP contribution < -0.4 is 10.6 Å². The zero-order valence-electron chi connectivity index (χ0n) is 16.2. The van der Waals surface area contributed by atoms with E-state index in [9.17, 15) is 9.59 Å². The summed E-state index contributed by atoms with van der Waals surface area (Å²) in [7, 11) is 0. The maximum atomic E-state index is 12.4. The van der Waals surface area contributed by atoms with Gasteiger partial charge in [-0.25, -0.2) is 4.79 Å². The summed E-state index contributed by atoms with van der Waals surface area (Å²) in [6, 6.07) is 9.45. The molecule has 1 aliphatic heterocycles. The van der Waals surface area contributed by atoms with Gasteiger partial charge in [-0.15, -0.1) is 0 Å². The number of piperidine rings is 1. The van der Waals surface area contributed by atoms with Crippen LogP contribution in [0.3, 0.4) is 0 Å². The minimum absolute atomic E-state index is 0.0322. The number of carbonyl (C=O) groups is 2. The van der Waals surface area contributed by atoms with E-state index in [0.717, 1.165) is 25.8 Å². The van der Waals surface area contributed by atoms with Gasteiger partial charge >= 0.3 is 6.03 Å². The molecule has 1 unspecified atom stereocenters.